The van der Waals surface area contributed by atoms with Crippen molar-refractivity contribution in [3.8, 4) is 0 Å². The first-order valence-electron chi connectivity index (χ1n) is 5.55. The summed E-state index contributed by atoms with van der Waals surface area (Å²) in [6, 6.07) is 0. The molecule has 1 fully saturated rings. The van der Waals surface area contributed by atoms with Gasteiger partial charge >= 0.3 is 12.1 Å². The monoisotopic (exact) mass is 242 g/mol. The van der Waals surface area contributed by atoms with E-state index in [0.717, 1.165) is 19.6 Å². The first-order chi connectivity index (χ1) is 8.09. The number of nitrogens with one attached hydrogen (secondary N) is 1. The normalized spacial score (nSPS) is 13.9. The van der Waals surface area contributed by atoms with Gasteiger partial charge in [0, 0.05) is 25.2 Å². The molecule has 0 bridgehead atoms. The van der Waals surface area contributed by atoms with E-state index in [1.165, 1.54) is 0 Å². The lowest BCUT2D eigenvalue weighted by atomic mass is 10.4. The molecule has 6 heteroatoms. The van der Waals surface area contributed by atoms with E-state index in [2.05, 4.69) is 16.8 Å². The second kappa shape index (κ2) is 6.90. The average Bonchev–Trinajstić information content (AvgIpc) is 3.08. The second-order valence-corrected chi connectivity index (χ2v) is 3.82. The van der Waals surface area contributed by atoms with E-state index in [0.29, 0.717) is 12.2 Å². The number of nitrogens with zero attached hydrogens (tertiary/aromatic N) is 1. The Bertz CT molecular complexity index is 300. The van der Waals surface area contributed by atoms with E-state index in [9.17, 15) is 9.59 Å². The van der Waals surface area contributed by atoms with Gasteiger partial charge in [0.05, 0.1) is 6.54 Å². The van der Waals surface area contributed by atoms with Gasteiger partial charge in [0.25, 0.3) is 0 Å². The highest BCUT2D eigenvalue weighted by Crippen LogP contribution is 2.00. The maximum absolute atomic E-state index is 11.1. The van der Waals surface area contributed by atoms with Crippen LogP contribution in [0.2, 0.25) is 0 Å². The number of esters is 1. The molecule has 0 aromatic rings. The number of hydrogen-bond donors (Lipinski definition) is 1. The van der Waals surface area contributed by atoms with Crippen LogP contribution < -0.4 is 5.32 Å². The summed E-state index contributed by atoms with van der Waals surface area (Å²) < 4.78 is 9.69. The van der Waals surface area contributed by atoms with Gasteiger partial charge in [-0.25, -0.2) is 9.59 Å². The van der Waals surface area contributed by atoms with Gasteiger partial charge in [0.15, 0.2) is 0 Å². The van der Waals surface area contributed by atoms with E-state index in [-0.39, 0.29) is 13.2 Å². The summed E-state index contributed by atoms with van der Waals surface area (Å²) in [6.45, 7) is 8.70. The zero-order valence-corrected chi connectivity index (χ0v) is 10.0. The first-order valence-corrected chi connectivity index (χ1v) is 5.55. The van der Waals surface area contributed by atoms with E-state index < -0.39 is 12.1 Å². The largest absolute Gasteiger partial charge is 0.460 e. The van der Waals surface area contributed by atoms with Gasteiger partial charge in [-0.1, -0.05) is 6.58 Å². The Kier molecular flexibility index (Phi) is 5.48. The molecule has 0 spiro atoms. The molecule has 1 N–H and O–H groups in total. The van der Waals surface area contributed by atoms with Crippen molar-refractivity contribution >= 4 is 12.1 Å². The molecule has 1 amide bonds. The highest BCUT2D eigenvalue weighted by atomic mass is 16.6. The van der Waals surface area contributed by atoms with Crippen LogP contribution in [0.1, 0.15) is 6.92 Å². The molecule has 0 radical (unpaired) electrons. The smallest absolute Gasteiger partial charge is 0.407 e. The molecule has 0 atom stereocenters. The lowest BCUT2D eigenvalue weighted by molar-refractivity contribution is -0.138. The molecule has 1 heterocycles. The van der Waals surface area contributed by atoms with Crippen molar-refractivity contribution in [2.45, 2.75) is 6.92 Å². The van der Waals surface area contributed by atoms with Crippen LogP contribution in [0.15, 0.2) is 12.2 Å². The van der Waals surface area contributed by atoms with Crippen molar-refractivity contribution in [1.29, 1.82) is 0 Å². The van der Waals surface area contributed by atoms with E-state index >= 15 is 0 Å². The molecule has 1 aliphatic rings. The van der Waals surface area contributed by atoms with Gasteiger partial charge in [0.1, 0.15) is 13.2 Å². The van der Waals surface area contributed by atoms with Crippen LogP contribution in [0, 0.1) is 0 Å². The fraction of sp³-hybridized carbons (Fsp3) is 0.636. The maximum atomic E-state index is 11.1. The van der Waals surface area contributed by atoms with Gasteiger partial charge in [-0.05, 0) is 6.92 Å². The minimum atomic E-state index is -0.488. The highest BCUT2D eigenvalue weighted by molar-refractivity contribution is 5.86. The molecule has 96 valence electrons. The molecular weight excluding hydrogens is 224 g/mol. The van der Waals surface area contributed by atoms with Gasteiger partial charge in [0.2, 0.25) is 0 Å². The van der Waals surface area contributed by atoms with Gasteiger partial charge in [-0.2, -0.15) is 0 Å². The van der Waals surface area contributed by atoms with Crippen molar-refractivity contribution < 1.29 is 19.1 Å². The standard InChI is InChI=1S/C11H18N2O4/c1-9(2)10(14)16-7-3-12-11(15)17-8-6-13-4-5-13/h1,3-8H2,2H3,(H,12,15). The summed E-state index contributed by atoms with van der Waals surface area (Å²) in [6.07, 6.45) is -0.488. The molecule has 17 heavy (non-hydrogen) atoms. The predicted octanol–water partition coefficient (Wildman–Crippen LogP) is 0.147. The number of hydrogen-bond acceptors (Lipinski definition) is 5. The predicted molar refractivity (Wildman–Crippen MR) is 61.6 cm³/mol. The quantitative estimate of drug-likeness (QED) is 0.298. The summed E-state index contributed by atoms with van der Waals surface area (Å²) in [5.41, 5.74) is 0.339. The van der Waals surface area contributed by atoms with Crippen molar-refractivity contribution in [2.75, 3.05) is 39.4 Å². The van der Waals surface area contributed by atoms with Crippen LogP contribution in [-0.4, -0.2) is 56.4 Å². The Morgan fingerprint density at radius 3 is 2.59 bits per heavy atom. The summed E-state index contributed by atoms with van der Waals surface area (Å²) in [5.74, 6) is -0.457. The summed E-state index contributed by atoms with van der Waals surface area (Å²) >= 11 is 0. The number of rotatable bonds is 7. The summed E-state index contributed by atoms with van der Waals surface area (Å²) in [4.78, 5) is 24.2. The molecule has 1 aliphatic heterocycles. The molecular formula is C11H18N2O4. The van der Waals surface area contributed by atoms with Crippen LogP contribution in [0.5, 0.6) is 0 Å². The van der Waals surface area contributed by atoms with Gasteiger partial charge in [-0.3, -0.25) is 4.90 Å². The third-order valence-corrected chi connectivity index (χ3v) is 2.13. The molecule has 0 aromatic carbocycles. The van der Waals surface area contributed by atoms with Crippen LogP contribution in [-0.2, 0) is 14.3 Å². The number of amides is 1. The number of carbonyl (C=O) groups is 2. The van der Waals surface area contributed by atoms with E-state index in [4.69, 9.17) is 9.47 Å². The first kappa shape index (κ1) is 13.5. The molecule has 0 saturated carbocycles. The molecule has 0 aromatic heterocycles. The van der Waals surface area contributed by atoms with Crippen LogP contribution >= 0.6 is 0 Å². The fourth-order valence-electron chi connectivity index (χ4n) is 1.03. The maximum Gasteiger partial charge on any atom is 0.407 e. The zero-order valence-electron chi connectivity index (χ0n) is 10.0. The SMILES string of the molecule is C=C(C)C(=O)OCCNC(=O)OCCN1CC1. The van der Waals surface area contributed by atoms with E-state index in [1.54, 1.807) is 6.92 Å². The third-order valence-electron chi connectivity index (χ3n) is 2.13. The van der Waals surface area contributed by atoms with Crippen molar-refractivity contribution in [3.63, 3.8) is 0 Å². The molecule has 1 saturated heterocycles. The Morgan fingerprint density at radius 2 is 2.00 bits per heavy atom. The minimum Gasteiger partial charge on any atom is -0.460 e. The van der Waals surface area contributed by atoms with Gasteiger partial charge in [-0.15, -0.1) is 0 Å². The lowest BCUT2D eigenvalue weighted by Gasteiger charge is -2.07. The Balaban J connectivity index is 1.92. The number of ether oxygens (including phenoxy) is 2. The van der Waals surface area contributed by atoms with Crippen molar-refractivity contribution in [1.82, 2.24) is 10.2 Å². The summed E-state index contributed by atoms with van der Waals surface area (Å²) in [7, 11) is 0. The van der Waals surface area contributed by atoms with Crippen LogP contribution in [0.25, 0.3) is 0 Å². The molecule has 6 nitrogen and oxygen atoms in total. The Hall–Kier alpha value is -1.56. The average molecular weight is 242 g/mol. The minimum absolute atomic E-state index is 0.118. The molecule has 0 unspecified atom stereocenters. The number of carbonyl (C=O) groups excluding carboxylic acids is 2. The third kappa shape index (κ3) is 6.57. The second-order valence-electron chi connectivity index (χ2n) is 3.82. The van der Waals surface area contributed by atoms with Crippen molar-refractivity contribution in [3.05, 3.63) is 12.2 Å². The fourth-order valence-corrected chi connectivity index (χ4v) is 1.03. The molecule has 1 rings (SSSR count). The van der Waals surface area contributed by atoms with Gasteiger partial charge < -0.3 is 14.8 Å². The molecule has 0 aliphatic carbocycles. The van der Waals surface area contributed by atoms with Crippen molar-refractivity contribution in [2.24, 2.45) is 0 Å². The van der Waals surface area contributed by atoms with Crippen LogP contribution in [0.4, 0.5) is 4.79 Å². The highest BCUT2D eigenvalue weighted by Gasteiger charge is 2.16. The number of alkyl carbamates (subject to hydrolysis) is 1. The lowest BCUT2D eigenvalue weighted by Crippen LogP contribution is -2.30. The van der Waals surface area contributed by atoms with E-state index in [1.807, 2.05) is 0 Å². The van der Waals surface area contributed by atoms with Crippen LogP contribution in [0.3, 0.4) is 0 Å². The topological polar surface area (TPSA) is 67.6 Å². The Morgan fingerprint density at radius 1 is 1.29 bits per heavy atom. The Labute approximate surface area is 101 Å². The summed E-state index contributed by atoms with van der Waals surface area (Å²) in [5, 5.41) is 2.48. The zero-order chi connectivity index (χ0) is 12.7.